The summed E-state index contributed by atoms with van der Waals surface area (Å²) in [4.78, 5) is 9.12. The van der Waals surface area contributed by atoms with Crippen molar-refractivity contribution < 1.29 is 4.74 Å². The summed E-state index contributed by atoms with van der Waals surface area (Å²) in [5, 5.41) is 4.20. The van der Waals surface area contributed by atoms with Crippen LogP contribution in [0.1, 0.15) is 38.4 Å². The van der Waals surface area contributed by atoms with Gasteiger partial charge in [-0.15, -0.1) is 0 Å². The zero-order valence-corrected chi connectivity index (χ0v) is 12.2. The molecule has 20 heavy (non-hydrogen) atoms. The summed E-state index contributed by atoms with van der Waals surface area (Å²) in [6.45, 7) is 4.95. The van der Waals surface area contributed by atoms with E-state index in [1.54, 1.807) is 4.68 Å². The molecule has 0 atom stereocenters. The molecule has 0 amide bonds. The van der Waals surface area contributed by atoms with Crippen molar-refractivity contribution in [3.05, 3.63) is 24.3 Å². The Morgan fingerprint density at radius 2 is 2.15 bits per heavy atom. The van der Waals surface area contributed by atoms with Gasteiger partial charge in [0, 0.05) is 30.8 Å². The maximum atomic E-state index is 5.81. The average molecular weight is 272 g/mol. The molecule has 0 spiro atoms. The fourth-order valence-electron chi connectivity index (χ4n) is 1.96. The van der Waals surface area contributed by atoms with Crippen LogP contribution in [0.3, 0.4) is 0 Å². The van der Waals surface area contributed by atoms with E-state index >= 15 is 0 Å². The first-order valence-corrected chi connectivity index (χ1v) is 7.12. The van der Waals surface area contributed by atoms with E-state index < -0.39 is 0 Å². The van der Waals surface area contributed by atoms with Crippen molar-refractivity contribution in [2.45, 2.75) is 32.6 Å². The number of hydrogen-bond acceptors (Lipinski definition) is 4. The zero-order chi connectivity index (χ0) is 14.1. The van der Waals surface area contributed by atoms with Crippen LogP contribution in [0.25, 0.3) is 11.3 Å². The Morgan fingerprint density at radius 1 is 1.35 bits per heavy atom. The van der Waals surface area contributed by atoms with Crippen LogP contribution < -0.4 is 4.74 Å². The van der Waals surface area contributed by atoms with Crippen molar-refractivity contribution in [2.75, 3.05) is 6.61 Å². The molecule has 2 aromatic rings. The SMILES string of the molecule is CC(C)c1nc(OCC2CC2)cc(-c2cnn(C)c2)n1. The molecule has 1 fully saturated rings. The number of nitrogens with zero attached hydrogens (tertiary/aromatic N) is 4. The predicted octanol–water partition coefficient (Wildman–Crippen LogP) is 2.79. The summed E-state index contributed by atoms with van der Waals surface area (Å²) in [7, 11) is 1.90. The Labute approximate surface area is 119 Å². The Hall–Kier alpha value is -1.91. The Morgan fingerprint density at radius 3 is 2.75 bits per heavy atom. The summed E-state index contributed by atoms with van der Waals surface area (Å²) in [6, 6.07) is 1.91. The molecule has 2 aromatic heterocycles. The van der Waals surface area contributed by atoms with E-state index in [0.717, 1.165) is 23.7 Å². The molecule has 1 aliphatic rings. The molecule has 1 saturated carbocycles. The van der Waals surface area contributed by atoms with Crippen molar-refractivity contribution >= 4 is 0 Å². The maximum Gasteiger partial charge on any atom is 0.217 e. The second-order valence-electron chi connectivity index (χ2n) is 5.76. The molecule has 0 saturated heterocycles. The van der Waals surface area contributed by atoms with E-state index in [1.165, 1.54) is 12.8 Å². The molecule has 106 valence electrons. The standard InChI is InChI=1S/C15H20N4O/c1-10(2)15-17-13(12-7-16-19(3)8-12)6-14(18-15)20-9-11-4-5-11/h6-8,10-11H,4-5,9H2,1-3H3. The quantitative estimate of drug-likeness (QED) is 0.840. The zero-order valence-electron chi connectivity index (χ0n) is 12.2. The van der Waals surface area contributed by atoms with Gasteiger partial charge in [-0.2, -0.15) is 10.1 Å². The summed E-state index contributed by atoms with van der Waals surface area (Å²) < 4.78 is 7.59. The lowest BCUT2D eigenvalue weighted by Crippen LogP contribution is -2.05. The van der Waals surface area contributed by atoms with Crippen molar-refractivity contribution in [3.63, 3.8) is 0 Å². The fourth-order valence-corrected chi connectivity index (χ4v) is 1.96. The molecular weight excluding hydrogens is 252 g/mol. The van der Waals surface area contributed by atoms with Crippen molar-refractivity contribution in [3.8, 4) is 17.1 Å². The monoisotopic (exact) mass is 272 g/mol. The van der Waals surface area contributed by atoms with Crippen LogP contribution in [-0.2, 0) is 7.05 Å². The molecule has 0 bridgehead atoms. The van der Waals surface area contributed by atoms with Crippen molar-refractivity contribution in [2.24, 2.45) is 13.0 Å². The van der Waals surface area contributed by atoms with E-state index in [-0.39, 0.29) is 5.92 Å². The third-order valence-corrected chi connectivity index (χ3v) is 3.40. The van der Waals surface area contributed by atoms with Gasteiger partial charge in [0.2, 0.25) is 5.88 Å². The van der Waals surface area contributed by atoms with Gasteiger partial charge in [-0.05, 0) is 18.8 Å². The highest BCUT2D eigenvalue weighted by atomic mass is 16.5. The minimum Gasteiger partial charge on any atom is -0.477 e. The van der Waals surface area contributed by atoms with Gasteiger partial charge in [0.15, 0.2) is 0 Å². The maximum absolute atomic E-state index is 5.81. The summed E-state index contributed by atoms with van der Waals surface area (Å²) in [6.07, 6.45) is 6.32. The van der Waals surface area contributed by atoms with Crippen LogP contribution in [-0.4, -0.2) is 26.4 Å². The lowest BCUT2D eigenvalue weighted by atomic mass is 10.2. The predicted molar refractivity (Wildman–Crippen MR) is 76.5 cm³/mol. The van der Waals surface area contributed by atoms with Gasteiger partial charge in [0.05, 0.1) is 18.5 Å². The van der Waals surface area contributed by atoms with Gasteiger partial charge < -0.3 is 4.74 Å². The molecule has 1 aliphatic carbocycles. The van der Waals surface area contributed by atoms with Crippen LogP contribution >= 0.6 is 0 Å². The highest BCUT2D eigenvalue weighted by Gasteiger charge is 2.22. The molecule has 3 rings (SSSR count). The fraction of sp³-hybridized carbons (Fsp3) is 0.533. The Kier molecular flexibility index (Phi) is 3.42. The van der Waals surface area contributed by atoms with E-state index in [1.807, 2.05) is 25.5 Å². The summed E-state index contributed by atoms with van der Waals surface area (Å²) in [5.41, 5.74) is 1.87. The van der Waals surface area contributed by atoms with Crippen LogP contribution in [0.2, 0.25) is 0 Å². The second kappa shape index (κ2) is 5.23. The van der Waals surface area contributed by atoms with Gasteiger partial charge in [-0.25, -0.2) is 4.98 Å². The summed E-state index contributed by atoms with van der Waals surface area (Å²) >= 11 is 0. The number of hydrogen-bond donors (Lipinski definition) is 0. The van der Waals surface area contributed by atoms with Crippen LogP contribution in [0.5, 0.6) is 5.88 Å². The van der Waals surface area contributed by atoms with Crippen LogP contribution in [0.4, 0.5) is 0 Å². The third-order valence-electron chi connectivity index (χ3n) is 3.40. The van der Waals surface area contributed by atoms with E-state index in [2.05, 4.69) is 28.9 Å². The molecule has 0 N–H and O–H groups in total. The second-order valence-corrected chi connectivity index (χ2v) is 5.76. The number of aromatic nitrogens is 4. The van der Waals surface area contributed by atoms with Gasteiger partial charge in [0.1, 0.15) is 5.82 Å². The first-order chi connectivity index (χ1) is 9.61. The highest BCUT2D eigenvalue weighted by Crippen LogP contribution is 2.30. The molecule has 0 aliphatic heterocycles. The highest BCUT2D eigenvalue weighted by molar-refractivity contribution is 5.58. The average Bonchev–Trinajstić information content (AvgIpc) is 3.16. The first-order valence-electron chi connectivity index (χ1n) is 7.12. The molecule has 5 nitrogen and oxygen atoms in total. The molecule has 0 aromatic carbocycles. The van der Waals surface area contributed by atoms with Crippen LogP contribution in [0.15, 0.2) is 18.5 Å². The van der Waals surface area contributed by atoms with Crippen molar-refractivity contribution in [1.82, 2.24) is 19.7 Å². The first kappa shape index (κ1) is 13.1. The number of rotatable bonds is 5. The van der Waals surface area contributed by atoms with Gasteiger partial charge >= 0.3 is 0 Å². The van der Waals surface area contributed by atoms with Crippen molar-refractivity contribution in [1.29, 1.82) is 0 Å². The normalized spacial score (nSPS) is 14.8. The third kappa shape index (κ3) is 2.98. The Balaban J connectivity index is 1.90. The topological polar surface area (TPSA) is 52.8 Å². The smallest absolute Gasteiger partial charge is 0.217 e. The summed E-state index contributed by atoms with van der Waals surface area (Å²) in [5.74, 6) is 2.48. The van der Waals surface area contributed by atoms with E-state index in [4.69, 9.17) is 4.74 Å². The lowest BCUT2D eigenvalue weighted by molar-refractivity contribution is 0.286. The van der Waals surface area contributed by atoms with E-state index in [0.29, 0.717) is 11.8 Å². The van der Waals surface area contributed by atoms with Gasteiger partial charge in [-0.1, -0.05) is 13.8 Å². The van der Waals surface area contributed by atoms with Gasteiger partial charge in [0.25, 0.3) is 0 Å². The number of aryl methyl sites for hydroxylation is 1. The number of ether oxygens (including phenoxy) is 1. The van der Waals surface area contributed by atoms with E-state index in [9.17, 15) is 0 Å². The molecule has 0 unspecified atom stereocenters. The molecule has 5 heteroatoms. The lowest BCUT2D eigenvalue weighted by Gasteiger charge is -2.10. The van der Waals surface area contributed by atoms with Crippen LogP contribution in [0, 0.1) is 5.92 Å². The minimum absolute atomic E-state index is 0.273. The largest absolute Gasteiger partial charge is 0.477 e. The molecule has 0 radical (unpaired) electrons. The molecule has 2 heterocycles. The minimum atomic E-state index is 0.273. The Bertz CT molecular complexity index is 602. The van der Waals surface area contributed by atoms with Gasteiger partial charge in [-0.3, -0.25) is 4.68 Å². The molecular formula is C15H20N4O.